The summed E-state index contributed by atoms with van der Waals surface area (Å²) in [5.41, 5.74) is 0.143. The van der Waals surface area contributed by atoms with E-state index in [0.29, 0.717) is 10.9 Å². The van der Waals surface area contributed by atoms with E-state index < -0.39 is 6.10 Å². The molecule has 1 aliphatic heterocycles. The molecule has 1 saturated heterocycles. The van der Waals surface area contributed by atoms with Gasteiger partial charge in [0, 0.05) is 36.6 Å². The van der Waals surface area contributed by atoms with Crippen molar-refractivity contribution in [2.45, 2.75) is 50.7 Å². The van der Waals surface area contributed by atoms with Crippen LogP contribution in [-0.4, -0.2) is 67.4 Å². The van der Waals surface area contributed by atoms with Crippen molar-refractivity contribution in [3.05, 3.63) is 21.3 Å². The number of aliphatic hydroxyl groups excluding tert-OH is 1. The molecule has 166 valence electrons. The Morgan fingerprint density at radius 2 is 2.00 bits per heavy atom. The van der Waals surface area contributed by atoms with Crippen LogP contribution < -0.4 is 10.6 Å². The van der Waals surface area contributed by atoms with Crippen LogP contribution in [0, 0.1) is 0 Å². The Labute approximate surface area is 200 Å². The number of nitrogens with zero attached hydrogens (tertiary/aromatic N) is 2. The zero-order valence-corrected chi connectivity index (χ0v) is 21.1. The van der Waals surface area contributed by atoms with Crippen molar-refractivity contribution >= 4 is 52.9 Å². The minimum Gasteiger partial charge on any atom is -0.386 e. The molecule has 6 nitrogen and oxygen atoms in total. The van der Waals surface area contributed by atoms with Crippen LogP contribution in [0.1, 0.15) is 50.0 Å². The van der Waals surface area contributed by atoms with Crippen LogP contribution in [-0.2, 0) is 4.74 Å². The van der Waals surface area contributed by atoms with E-state index >= 15 is 0 Å². The van der Waals surface area contributed by atoms with Crippen molar-refractivity contribution in [2.24, 2.45) is 4.99 Å². The highest BCUT2D eigenvalue weighted by Gasteiger charge is 2.38. The Kier molecular flexibility index (Phi) is 11.0. The zero-order valence-electron chi connectivity index (χ0n) is 17.2. The number of aliphatic imine (C=N–C) groups is 1. The highest BCUT2D eigenvalue weighted by molar-refractivity contribution is 14.0. The molecule has 1 aromatic rings. The van der Waals surface area contributed by atoms with Gasteiger partial charge in [0.25, 0.3) is 0 Å². The fourth-order valence-electron chi connectivity index (χ4n) is 4.19. The maximum absolute atomic E-state index is 10.4. The Morgan fingerprint density at radius 1 is 1.28 bits per heavy atom. The normalized spacial score (nSPS) is 21.3. The number of aliphatic hydroxyl groups is 1. The summed E-state index contributed by atoms with van der Waals surface area (Å²) in [4.78, 5) is 8.40. The molecular formula is C20H34ClIN4O2S. The fraction of sp³-hybridized carbons (Fsp3) is 0.750. The Balaban J connectivity index is 0.00000300. The molecule has 0 amide bonds. The number of nitrogens with one attached hydrogen (secondary N) is 2. The van der Waals surface area contributed by atoms with E-state index in [0.717, 1.165) is 50.2 Å². The van der Waals surface area contributed by atoms with Crippen LogP contribution in [0.5, 0.6) is 0 Å². The first kappa shape index (κ1) is 25.1. The van der Waals surface area contributed by atoms with E-state index in [1.165, 1.54) is 43.4 Å². The lowest BCUT2D eigenvalue weighted by Crippen LogP contribution is -2.56. The van der Waals surface area contributed by atoms with Gasteiger partial charge >= 0.3 is 0 Å². The van der Waals surface area contributed by atoms with Gasteiger partial charge in [0.05, 0.1) is 24.1 Å². The lowest BCUT2D eigenvalue weighted by molar-refractivity contribution is -0.0333. The van der Waals surface area contributed by atoms with Crippen molar-refractivity contribution in [1.29, 1.82) is 0 Å². The predicted octanol–water partition coefficient (Wildman–Crippen LogP) is 3.64. The highest BCUT2D eigenvalue weighted by Crippen LogP contribution is 2.34. The van der Waals surface area contributed by atoms with Gasteiger partial charge in [-0.15, -0.1) is 35.3 Å². The molecule has 1 saturated carbocycles. The summed E-state index contributed by atoms with van der Waals surface area (Å²) in [5, 5.41) is 17.0. The maximum Gasteiger partial charge on any atom is 0.191 e. The second-order valence-corrected chi connectivity index (χ2v) is 9.36. The van der Waals surface area contributed by atoms with Crippen molar-refractivity contribution < 1.29 is 9.84 Å². The quantitative estimate of drug-likeness (QED) is 0.272. The van der Waals surface area contributed by atoms with Gasteiger partial charge in [-0.25, -0.2) is 0 Å². The van der Waals surface area contributed by atoms with Gasteiger partial charge in [0.1, 0.15) is 6.10 Å². The first-order valence-electron chi connectivity index (χ1n) is 10.4. The molecule has 1 atom stereocenters. The minimum absolute atomic E-state index is 0. The Morgan fingerprint density at radius 3 is 2.62 bits per heavy atom. The number of hydrogen-bond acceptors (Lipinski definition) is 5. The smallest absolute Gasteiger partial charge is 0.191 e. The van der Waals surface area contributed by atoms with Gasteiger partial charge in [-0.1, -0.05) is 30.9 Å². The maximum atomic E-state index is 10.4. The van der Waals surface area contributed by atoms with Crippen LogP contribution in [0.4, 0.5) is 0 Å². The second-order valence-electron chi connectivity index (χ2n) is 7.62. The van der Waals surface area contributed by atoms with Gasteiger partial charge in [0.2, 0.25) is 0 Å². The molecule has 0 bridgehead atoms. The minimum atomic E-state index is -0.593. The standard InChI is InChI=1S/C20H33ClN4O2S.HI/c1-2-22-19(23-14-16(26)17-6-7-18(21)28-17)24-15-20(8-4-3-5-9-20)25-10-12-27-13-11-25;/h6-7,16,26H,2-5,8-15H2,1H3,(H2,22,23,24);1H. The molecule has 1 aliphatic carbocycles. The molecule has 0 aromatic carbocycles. The van der Waals surface area contributed by atoms with E-state index in [2.05, 4.69) is 22.5 Å². The van der Waals surface area contributed by atoms with Gasteiger partial charge in [-0.3, -0.25) is 9.89 Å². The van der Waals surface area contributed by atoms with Gasteiger partial charge in [0.15, 0.2) is 5.96 Å². The van der Waals surface area contributed by atoms with Crippen LogP contribution >= 0.6 is 46.9 Å². The molecule has 3 rings (SSSR count). The van der Waals surface area contributed by atoms with Crippen molar-refractivity contribution in [3.8, 4) is 0 Å². The Hall–Kier alpha value is -0.130. The average Bonchev–Trinajstić information content (AvgIpc) is 3.17. The summed E-state index contributed by atoms with van der Waals surface area (Å²) in [6, 6.07) is 3.69. The summed E-state index contributed by atoms with van der Waals surface area (Å²) in [5.74, 6) is 0.766. The van der Waals surface area contributed by atoms with E-state index in [1.54, 1.807) is 0 Å². The number of rotatable bonds is 7. The summed E-state index contributed by atoms with van der Waals surface area (Å²) < 4.78 is 6.26. The number of halogens is 2. The van der Waals surface area contributed by atoms with Gasteiger partial charge < -0.3 is 20.5 Å². The largest absolute Gasteiger partial charge is 0.386 e. The molecule has 29 heavy (non-hydrogen) atoms. The lowest BCUT2D eigenvalue weighted by Gasteiger charge is -2.47. The molecular weight excluding hydrogens is 523 g/mol. The average molecular weight is 557 g/mol. The molecule has 9 heteroatoms. The molecule has 0 spiro atoms. The van der Waals surface area contributed by atoms with Gasteiger partial charge in [-0.05, 0) is 31.9 Å². The van der Waals surface area contributed by atoms with E-state index in [9.17, 15) is 5.11 Å². The van der Waals surface area contributed by atoms with Crippen LogP contribution in [0.2, 0.25) is 4.34 Å². The highest BCUT2D eigenvalue weighted by atomic mass is 127. The summed E-state index contributed by atoms with van der Waals surface area (Å²) in [6.07, 6.45) is 5.68. The Bertz CT molecular complexity index is 634. The molecule has 1 aromatic heterocycles. The third kappa shape index (κ3) is 7.21. The van der Waals surface area contributed by atoms with E-state index in [-0.39, 0.29) is 29.5 Å². The van der Waals surface area contributed by atoms with Crippen LogP contribution in [0.15, 0.2) is 17.1 Å². The number of morpholine rings is 1. The molecule has 2 fully saturated rings. The molecule has 1 unspecified atom stereocenters. The fourth-order valence-corrected chi connectivity index (χ4v) is 5.24. The van der Waals surface area contributed by atoms with Crippen molar-refractivity contribution in [3.63, 3.8) is 0 Å². The summed E-state index contributed by atoms with van der Waals surface area (Å²) in [6.45, 7) is 7.67. The predicted molar refractivity (Wildman–Crippen MR) is 132 cm³/mol. The third-order valence-electron chi connectivity index (χ3n) is 5.73. The van der Waals surface area contributed by atoms with E-state index in [1.807, 2.05) is 12.1 Å². The number of thiophene rings is 1. The van der Waals surface area contributed by atoms with E-state index in [4.69, 9.17) is 21.3 Å². The van der Waals surface area contributed by atoms with Crippen LogP contribution in [0.25, 0.3) is 0 Å². The molecule has 3 N–H and O–H groups in total. The molecule has 2 aliphatic rings. The van der Waals surface area contributed by atoms with Crippen LogP contribution in [0.3, 0.4) is 0 Å². The number of ether oxygens (including phenoxy) is 1. The summed E-state index contributed by atoms with van der Waals surface area (Å²) in [7, 11) is 0. The monoisotopic (exact) mass is 556 g/mol. The number of hydrogen-bond donors (Lipinski definition) is 3. The SMILES string of the molecule is CCNC(=NCC1(N2CCOCC2)CCCCC1)NCC(O)c1ccc(Cl)s1.I. The second kappa shape index (κ2) is 12.7. The van der Waals surface area contributed by atoms with Crippen molar-refractivity contribution in [2.75, 3.05) is 45.9 Å². The topological polar surface area (TPSA) is 69.1 Å². The first-order valence-corrected chi connectivity index (χ1v) is 11.6. The third-order valence-corrected chi connectivity index (χ3v) is 7.06. The summed E-state index contributed by atoms with van der Waals surface area (Å²) >= 11 is 7.39. The molecule has 0 radical (unpaired) electrons. The van der Waals surface area contributed by atoms with Gasteiger partial charge in [-0.2, -0.15) is 0 Å². The first-order chi connectivity index (χ1) is 13.6. The number of guanidine groups is 1. The zero-order chi connectivity index (χ0) is 19.8. The molecule has 2 heterocycles. The van der Waals surface area contributed by atoms with Crippen molar-refractivity contribution in [1.82, 2.24) is 15.5 Å². The lowest BCUT2D eigenvalue weighted by atomic mass is 9.80.